The van der Waals surface area contributed by atoms with E-state index < -0.39 is 0 Å². The van der Waals surface area contributed by atoms with Crippen molar-refractivity contribution in [2.75, 3.05) is 5.32 Å². The Morgan fingerprint density at radius 1 is 1.14 bits per heavy atom. The van der Waals surface area contributed by atoms with Crippen LogP contribution >= 0.6 is 0 Å². The van der Waals surface area contributed by atoms with Gasteiger partial charge in [-0.2, -0.15) is 5.10 Å². The Kier molecular flexibility index (Phi) is 2.41. The topological polar surface area (TPSA) is 70.1 Å². The zero-order chi connectivity index (χ0) is 14.4. The molecule has 1 aliphatic rings. The Hall–Kier alpha value is -2.95. The van der Waals surface area contributed by atoms with Crippen molar-refractivity contribution >= 4 is 33.9 Å². The van der Waals surface area contributed by atoms with Gasteiger partial charge in [0.05, 0.1) is 23.1 Å². The van der Waals surface area contributed by atoms with Crippen molar-refractivity contribution in [2.45, 2.75) is 6.92 Å². The molecule has 0 saturated heterocycles. The SMILES string of the molecule is Cc1ccc2c(c1)/C(=N/c1ccc3[nH]ncc3c1)C(=O)N2. The largest absolute Gasteiger partial charge is 0.320 e. The number of anilines is 1. The fourth-order valence-electron chi connectivity index (χ4n) is 2.51. The molecule has 0 fully saturated rings. The number of benzene rings is 2. The highest BCUT2D eigenvalue weighted by molar-refractivity contribution is 6.54. The standard InChI is InChI=1S/C16H12N4O/c1-9-2-4-14-12(6-9)15(16(21)19-14)18-11-3-5-13-10(7-11)8-17-20-13/h2-8H,1H3,(H,17,20)(H,18,19,21). The first kappa shape index (κ1) is 11.8. The van der Waals surface area contributed by atoms with Gasteiger partial charge in [-0.25, -0.2) is 4.99 Å². The van der Waals surface area contributed by atoms with E-state index in [4.69, 9.17) is 0 Å². The van der Waals surface area contributed by atoms with Crippen LogP contribution < -0.4 is 5.32 Å². The van der Waals surface area contributed by atoms with E-state index in [9.17, 15) is 4.79 Å². The van der Waals surface area contributed by atoms with Gasteiger partial charge in [0.15, 0.2) is 0 Å². The molecule has 2 N–H and O–H groups in total. The van der Waals surface area contributed by atoms with Gasteiger partial charge >= 0.3 is 0 Å². The number of hydrogen-bond donors (Lipinski definition) is 2. The number of nitrogens with zero attached hydrogens (tertiary/aromatic N) is 2. The zero-order valence-electron chi connectivity index (χ0n) is 11.3. The van der Waals surface area contributed by atoms with Crippen molar-refractivity contribution in [1.29, 1.82) is 0 Å². The molecule has 21 heavy (non-hydrogen) atoms. The van der Waals surface area contributed by atoms with Crippen LogP contribution in [-0.4, -0.2) is 21.8 Å². The summed E-state index contributed by atoms with van der Waals surface area (Å²) >= 11 is 0. The first-order chi connectivity index (χ1) is 10.2. The number of carbonyl (C=O) groups is 1. The fraction of sp³-hybridized carbons (Fsp3) is 0.0625. The van der Waals surface area contributed by atoms with Gasteiger partial charge in [-0.15, -0.1) is 0 Å². The lowest BCUT2D eigenvalue weighted by Gasteiger charge is -2.00. The lowest BCUT2D eigenvalue weighted by molar-refractivity contribution is -0.110. The summed E-state index contributed by atoms with van der Waals surface area (Å²) in [7, 11) is 0. The summed E-state index contributed by atoms with van der Waals surface area (Å²) in [6.07, 6.45) is 1.74. The molecule has 1 amide bonds. The molecule has 5 nitrogen and oxygen atoms in total. The van der Waals surface area contributed by atoms with Crippen LogP contribution in [0.4, 0.5) is 11.4 Å². The molecule has 0 saturated carbocycles. The molecule has 2 aromatic carbocycles. The highest BCUT2D eigenvalue weighted by atomic mass is 16.2. The van der Waals surface area contributed by atoms with Gasteiger partial charge in [-0.3, -0.25) is 9.89 Å². The van der Waals surface area contributed by atoms with E-state index in [0.29, 0.717) is 5.71 Å². The Labute approximate surface area is 120 Å². The van der Waals surface area contributed by atoms with Gasteiger partial charge in [-0.1, -0.05) is 11.6 Å². The number of amides is 1. The van der Waals surface area contributed by atoms with Gasteiger partial charge in [0.2, 0.25) is 0 Å². The third-order valence-corrected chi connectivity index (χ3v) is 3.56. The minimum absolute atomic E-state index is 0.164. The third kappa shape index (κ3) is 1.90. The lowest BCUT2D eigenvalue weighted by atomic mass is 10.1. The van der Waals surface area contributed by atoms with Crippen LogP contribution in [0.25, 0.3) is 10.9 Å². The van der Waals surface area contributed by atoms with Gasteiger partial charge in [0.25, 0.3) is 5.91 Å². The molecule has 5 heteroatoms. The molecule has 0 radical (unpaired) electrons. The molecule has 102 valence electrons. The van der Waals surface area contributed by atoms with Crippen molar-refractivity contribution in [1.82, 2.24) is 10.2 Å². The zero-order valence-corrected chi connectivity index (χ0v) is 11.3. The minimum atomic E-state index is -0.164. The van der Waals surface area contributed by atoms with Gasteiger partial charge in [0, 0.05) is 10.9 Å². The molecular weight excluding hydrogens is 264 g/mol. The molecule has 0 aliphatic carbocycles. The summed E-state index contributed by atoms with van der Waals surface area (Å²) in [5.41, 5.74) is 4.91. The smallest absolute Gasteiger partial charge is 0.275 e. The van der Waals surface area contributed by atoms with Crippen LogP contribution in [-0.2, 0) is 4.79 Å². The Balaban J connectivity index is 1.85. The minimum Gasteiger partial charge on any atom is -0.320 e. The predicted octanol–water partition coefficient (Wildman–Crippen LogP) is 2.94. The summed E-state index contributed by atoms with van der Waals surface area (Å²) in [5, 5.41) is 10.7. The molecule has 1 aliphatic heterocycles. The molecule has 0 bridgehead atoms. The van der Waals surface area contributed by atoms with Crippen LogP contribution in [0.2, 0.25) is 0 Å². The van der Waals surface area contributed by atoms with Crippen molar-refractivity contribution in [3.63, 3.8) is 0 Å². The lowest BCUT2D eigenvalue weighted by Crippen LogP contribution is -2.13. The average molecular weight is 276 g/mol. The Morgan fingerprint density at radius 3 is 2.95 bits per heavy atom. The van der Waals surface area contributed by atoms with E-state index in [1.54, 1.807) is 6.20 Å². The fourth-order valence-corrected chi connectivity index (χ4v) is 2.51. The monoisotopic (exact) mass is 276 g/mol. The summed E-state index contributed by atoms with van der Waals surface area (Å²) in [6.45, 7) is 2.00. The summed E-state index contributed by atoms with van der Waals surface area (Å²) in [6, 6.07) is 11.5. The third-order valence-electron chi connectivity index (χ3n) is 3.56. The first-order valence-electron chi connectivity index (χ1n) is 6.65. The number of fused-ring (bicyclic) bond motifs is 2. The number of aryl methyl sites for hydroxylation is 1. The maximum absolute atomic E-state index is 12.1. The number of aromatic amines is 1. The average Bonchev–Trinajstić information content (AvgIpc) is 3.04. The number of aliphatic imine (C=N–C) groups is 1. The van der Waals surface area contributed by atoms with Crippen LogP contribution in [0, 0.1) is 6.92 Å². The summed E-state index contributed by atoms with van der Waals surface area (Å²) in [5.74, 6) is -0.164. The Bertz CT molecular complexity index is 908. The molecule has 3 aromatic rings. The van der Waals surface area contributed by atoms with E-state index in [1.165, 1.54) is 0 Å². The molecular formula is C16H12N4O. The van der Waals surface area contributed by atoms with Crippen molar-refractivity contribution in [2.24, 2.45) is 4.99 Å². The van der Waals surface area contributed by atoms with Gasteiger partial charge < -0.3 is 5.32 Å². The second-order valence-electron chi connectivity index (χ2n) is 5.11. The van der Waals surface area contributed by atoms with Crippen LogP contribution in [0.1, 0.15) is 11.1 Å². The van der Waals surface area contributed by atoms with Crippen molar-refractivity contribution in [3.8, 4) is 0 Å². The molecule has 0 atom stereocenters. The molecule has 2 heterocycles. The van der Waals surface area contributed by atoms with E-state index in [0.717, 1.165) is 33.4 Å². The molecule has 0 unspecified atom stereocenters. The maximum atomic E-state index is 12.1. The maximum Gasteiger partial charge on any atom is 0.275 e. The van der Waals surface area contributed by atoms with Gasteiger partial charge in [0.1, 0.15) is 5.71 Å². The number of rotatable bonds is 1. The molecule has 4 rings (SSSR count). The predicted molar refractivity (Wildman–Crippen MR) is 82.1 cm³/mol. The van der Waals surface area contributed by atoms with E-state index >= 15 is 0 Å². The Morgan fingerprint density at radius 2 is 2.05 bits per heavy atom. The number of aromatic nitrogens is 2. The number of H-pyrrole nitrogens is 1. The molecule has 1 aromatic heterocycles. The highest BCUT2D eigenvalue weighted by Crippen LogP contribution is 2.27. The van der Waals surface area contributed by atoms with E-state index in [2.05, 4.69) is 20.5 Å². The van der Waals surface area contributed by atoms with Crippen LogP contribution in [0.3, 0.4) is 0 Å². The summed E-state index contributed by atoms with van der Waals surface area (Å²) in [4.78, 5) is 16.6. The van der Waals surface area contributed by atoms with Crippen LogP contribution in [0.5, 0.6) is 0 Å². The van der Waals surface area contributed by atoms with Crippen molar-refractivity contribution < 1.29 is 4.79 Å². The number of nitrogens with one attached hydrogen (secondary N) is 2. The first-order valence-corrected chi connectivity index (χ1v) is 6.65. The normalized spacial score (nSPS) is 15.5. The van der Waals surface area contributed by atoms with Crippen LogP contribution in [0.15, 0.2) is 47.6 Å². The van der Waals surface area contributed by atoms with E-state index in [-0.39, 0.29) is 5.91 Å². The number of carbonyl (C=O) groups excluding carboxylic acids is 1. The quantitative estimate of drug-likeness (QED) is 0.717. The number of hydrogen-bond acceptors (Lipinski definition) is 3. The molecule has 0 spiro atoms. The van der Waals surface area contributed by atoms with E-state index in [1.807, 2.05) is 43.3 Å². The second kappa shape index (κ2) is 4.28. The highest BCUT2D eigenvalue weighted by Gasteiger charge is 2.25. The van der Waals surface area contributed by atoms with Crippen molar-refractivity contribution in [3.05, 3.63) is 53.7 Å². The summed E-state index contributed by atoms with van der Waals surface area (Å²) < 4.78 is 0. The second-order valence-corrected chi connectivity index (χ2v) is 5.11. The van der Waals surface area contributed by atoms with Gasteiger partial charge in [-0.05, 0) is 37.3 Å².